The second-order valence-electron chi connectivity index (χ2n) is 4.23. The van der Waals surface area contributed by atoms with Crippen molar-refractivity contribution in [3.05, 3.63) is 34.1 Å². The molecule has 0 unspecified atom stereocenters. The topological polar surface area (TPSA) is 58.4 Å². The zero-order valence-corrected chi connectivity index (χ0v) is 9.52. The first-order valence-electron chi connectivity index (χ1n) is 5.49. The summed E-state index contributed by atoms with van der Waals surface area (Å²) in [5, 5.41) is 13.9. The minimum atomic E-state index is -0.571. The first-order valence-corrected chi connectivity index (χ1v) is 5.49. The van der Waals surface area contributed by atoms with E-state index in [4.69, 9.17) is 0 Å². The summed E-state index contributed by atoms with van der Waals surface area (Å²) in [7, 11) is 0. The van der Waals surface area contributed by atoms with Crippen LogP contribution in [0.15, 0.2) is 18.2 Å². The Labute approximate surface area is 98.4 Å². The molecule has 1 N–H and O–H groups in total. The van der Waals surface area contributed by atoms with Crippen molar-refractivity contribution in [2.75, 3.05) is 24.5 Å². The van der Waals surface area contributed by atoms with Crippen LogP contribution in [-0.2, 0) is 0 Å². The molecule has 0 aromatic heterocycles. The molecule has 0 spiro atoms. The molecule has 1 aromatic rings. The van der Waals surface area contributed by atoms with E-state index in [9.17, 15) is 14.5 Å². The van der Waals surface area contributed by atoms with Gasteiger partial charge in [0, 0.05) is 37.4 Å². The summed E-state index contributed by atoms with van der Waals surface area (Å²) < 4.78 is 13.3. The quantitative estimate of drug-likeness (QED) is 0.628. The molecule has 5 nitrogen and oxygen atoms in total. The summed E-state index contributed by atoms with van der Waals surface area (Å²) in [5.74, 6) is -0.569. The molecule has 0 radical (unpaired) electrons. The van der Waals surface area contributed by atoms with Crippen molar-refractivity contribution in [2.45, 2.75) is 13.0 Å². The van der Waals surface area contributed by atoms with Crippen molar-refractivity contribution in [2.24, 2.45) is 0 Å². The molecule has 1 aliphatic rings. The Balaban J connectivity index is 2.28. The first-order chi connectivity index (χ1) is 8.06. The predicted molar refractivity (Wildman–Crippen MR) is 62.7 cm³/mol. The summed E-state index contributed by atoms with van der Waals surface area (Å²) in [6.45, 7) is 4.27. The second-order valence-corrected chi connectivity index (χ2v) is 4.23. The number of nitro benzene ring substituents is 1. The largest absolute Gasteiger partial charge is 0.368 e. The van der Waals surface area contributed by atoms with Gasteiger partial charge in [-0.25, -0.2) is 4.39 Å². The lowest BCUT2D eigenvalue weighted by Crippen LogP contribution is -2.49. The molecule has 0 aliphatic carbocycles. The molecule has 17 heavy (non-hydrogen) atoms. The highest BCUT2D eigenvalue weighted by Gasteiger charge is 2.19. The Kier molecular flexibility index (Phi) is 3.23. The number of rotatable bonds is 2. The fraction of sp³-hybridized carbons (Fsp3) is 0.455. The van der Waals surface area contributed by atoms with Gasteiger partial charge in [0.15, 0.2) is 0 Å². The van der Waals surface area contributed by atoms with Crippen LogP contribution in [-0.4, -0.2) is 30.6 Å². The minimum absolute atomic E-state index is 0.203. The summed E-state index contributed by atoms with van der Waals surface area (Å²) in [6.07, 6.45) is 0. The van der Waals surface area contributed by atoms with Gasteiger partial charge in [0.05, 0.1) is 11.0 Å². The third-order valence-corrected chi connectivity index (χ3v) is 2.81. The Bertz CT molecular complexity index is 439. The van der Waals surface area contributed by atoms with E-state index in [1.165, 1.54) is 12.1 Å². The van der Waals surface area contributed by atoms with Crippen LogP contribution in [0.2, 0.25) is 0 Å². The Morgan fingerprint density at radius 1 is 1.53 bits per heavy atom. The maximum atomic E-state index is 13.3. The van der Waals surface area contributed by atoms with Gasteiger partial charge in [0.1, 0.15) is 5.82 Å². The zero-order chi connectivity index (χ0) is 12.4. The van der Waals surface area contributed by atoms with E-state index in [1.807, 2.05) is 11.8 Å². The van der Waals surface area contributed by atoms with Gasteiger partial charge in [0.25, 0.3) is 5.69 Å². The number of piperazine rings is 1. The third kappa shape index (κ3) is 2.71. The normalized spacial score (nSPS) is 20.4. The average Bonchev–Trinajstić information content (AvgIpc) is 2.28. The first kappa shape index (κ1) is 11.8. The molecule has 0 saturated carbocycles. The van der Waals surface area contributed by atoms with E-state index in [0.29, 0.717) is 11.7 Å². The molecule has 0 amide bonds. The zero-order valence-electron chi connectivity index (χ0n) is 9.52. The van der Waals surface area contributed by atoms with Crippen molar-refractivity contribution in [1.29, 1.82) is 0 Å². The van der Waals surface area contributed by atoms with Crippen molar-refractivity contribution in [3.63, 3.8) is 0 Å². The van der Waals surface area contributed by atoms with Gasteiger partial charge in [-0.05, 0) is 13.0 Å². The molecule has 1 saturated heterocycles. The van der Waals surface area contributed by atoms with Crippen LogP contribution >= 0.6 is 0 Å². The van der Waals surface area contributed by atoms with E-state index in [0.717, 1.165) is 25.7 Å². The van der Waals surface area contributed by atoms with Crippen molar-refractivity contribution >= 4 is 11.4 Å². The van der Waals surface area contributed by atoms with Gasteiger partial charge in [-0.3, -0.25) is 10.1 Å². The molecule has 1 fully saturated rings. The molecule has 92 valence electrons. The lowest BCUT2D eigenvalue weighted by molar-refractivity contribution is -0.385. The highest BCUT2D eigenvalue weighted by molar-refractivity contribution is 5.54. The van der Waals surface area contributed by atoms with Crippen LogP contribution in [0, 0.1) is 15.9 Å². The van der Waals surface area contributed by atoms with E-state index < -0.39 is 10.7 Å². The number of non-ortho nitro benzene ring substituents is 1. The Morgan fingerprint density at radius 3 is 2.94 bits per heavy atom. The number of nitrogens with one attached hydrogen (secondary N) is 1. The van der Waals surface area contributed by atoms with Gasteiger partial charge in [-0.15, -0.1) is 0 Å². The lowest BCUT2D eigenvalue weighted by atomic mass is 10.2. The molecular weight excluding hydrogens is 225 g/mol. The lowest BCUT2D eigenvalue weighted by Gasteiger charge is -2.33. The van der Waals surface area contributed by atoms with Crippen LogP contribution in [0.1, 0.15) is 6.92 Å². The molecule has 2 rings (SSSR count). The van der Waals surface area contributed by atoms with E-state index in [2.05, 4.69) is 5.32 Å². The number of halogens is 1. The Hall–Kier alpha value is -1.69. The maximum Gasteiger partial charge on any atom is 0.274 e. The smallest absolute Gasteiger partial charge is 0.274 e. The van der Waals surface area contributed by atoms with Gasteiger partial charge in [-0.1, -0.05) is 0 Å². The average molecular weight is 239 g/mol. The monoisotopic (exact) mass is 239 g/mol. The van der Waals surface area contributed by atoms with Crippen LogP contribution in [0.4, 0.5) is 15.8 Å². The highest BCUT2D eigenvalue weighted by atomic mass is 19.1. The number of anilines is 1. The molecule has 0 bridgehead atoms. The molecule has 1 atom stereocenters. The fourth-order valence-corrected chi connectivity index (χ4v) is 2.01. The Morgan fingerprint density at radius 2 is 2.29 bits per heavy atom. The highest BCUT2D eigenvalue weighted by Crippen LogP contribution is 2.24. The standard InChI is InChI=1S/C11H14FN3O2/c1-8-7-14(3-2-13-8)10-4-9(12)5-11(6-10)15(16)17/h4-6,8,13H,2-3,7H2,1H3/t8-/m1/s1. The molecule has 1 aliphatic heterocycles. The van der Waals surface area contributed by atoms with E-state index in [-0.39, 0.29) is 5.69 Å². The SMILES string of the molecule is C[C@@H]1CN(c2cc(F)cc([N+](=O)[O-])c2)CCN1. The number of benzene rings is 1. The molecule has 6 heteroatoms. The number of hydrogen-bond acceptors (Lipinski definition) is 4. The van der Waals surface area contributed by atoms with E-state index in [1.54, 1.807) is 0 Å². The number of hydrogen-bond donors (Lipinski definition) is 1. The van der Waals surface area contributed by atoms with Crippen LogP contribution in [0.3, 0.4) is 0 Å². The van der Waals surface area contributed by atoms with Crippen LogP contribution in [0.25, 0.3) is 0 Å². The minimum Gasteiger partial charge on any atom is -0.368 e. The van der Waals surface area contributed by atoms with Gasteiger partial charge >= 0.3 is 0 Å². The molecular formula is C11H14FN3O2. The summed E-state index contributed by atoms with van der Waals surface area (Å²) >= 11 is 0. The van der Waals surface area contributed by atoms with Crippen molar-refractivity contribution in [3.8, 4) is 0 Å². The van der Waals surface area contributed by atoms with Gasteiger partial charge in [-0.2, -0.15) is 0 Å². The number of nitro groups is 1. The summed E-state index contributed by atoms with van der Waals surface area (Å²) in [4.78, 5) is 12.0. The third-order valence-electron chi connectivity index (χ3n) is 2.81. The van der Waals surface area contributed by atoms with Crippen LogP contribution < -0.4 is 10.2 Å². The van der Waals surface area contributed by atoms with Gasteiger partial charge < -0.3 is 10.2 Å². The van der Waals surface area contributed by atoms with Gasteiger partial charge in [0.2, 0.25) is 0 Å². The molecule has 1 aromatic carbocycles. The number of nitrogens with zero attached hydrogens (tertiary/aromatic N) is 2. The predicted octanol–water partition coefficient (Wildman–Crippen LogP) is 1.53. The summed E-state index contributed by atoms with van der Waals surface area (Å²) in [5.41, 5.74) is 0.372. The molecule has 1 heterocycles. The maximum absolute atomic E-state index is 13.3. The van der Waals surface area contributed by atoms with Crippen molar-refractivity contribution in [1.82, 2.24) is 5.32 Å². The van der Waals surface area contributed by atoms with E-state index >= 15 is 0 Å². The van der Waals surface area contributed by atoms with Crippen molar-refractivity contribution < 1.29 is 9.31 Å². The van der Waals surface area contributed by atoms with Crippen LogP contribution in [0.5, 0.6) is 0 Å². The second kappa shape index (κ2) is 4.67. The fourth-order valence-electron chi connectivity index (χ4n) is 2.01. The summed E-state index contributed by atoms with van der Waals surface area (Å²) in [6, 6.07) is 3.99.